The molecule has 1 fully saturated rings. The van der Waals surface area contributed by atoms with E-state index in [1.165, 1.54) is 32.2 Å². The van der Waals surface area contributed by atoms with Crippen LogP contribution in [0.2, 0.25) is 0 Å². The van der Waals surface area contributed by atoms with Gasteiger partial charge >= 0.3 is 0 Å². The lowest BCUT2D eigenvalue weighted by atomic mass is 9.76. The van der Waals surface area contributed by atoms with Crippen LogP contribution in [0.1, 0.15) is 39.5 Å². The minimum absolute atomic E-state index is 0.845. The molecule has 0 radical (unpaired) electrons. The second kappa shape index (κ2) is 4.86. The van der Waals surface area contributed by atoms with Crippen LogP contribution in [0.25, 0.3) is 0 Å². The summed E-state index contributed by atoms with van der Waals surface area (Å²) in [6.07, 6.45) is 5.92. The summed E-state index contributed by atoms with van der Waals surface area (Å²) in [6, 6.07) is 0. The van der Waals surface area contributed by atoms with Gasteiger partial charge in [0.1, 0.15) is 0 Å². The van der Waals surface area contributed by atoms with E-state index in [1.54, 1.807) is 0 Å². The fourth-order valence-electron chi connectivity index (χ4n) is 2.01. The van der Waals surface area contributed by atoms with E-state index in [2.05, 4.69) is 26.2 Å². The molecule has 0 aromatic carbocycles. The van der Waals surface area contributed by atoms with Crippen molar-refractivity contribution in [1.29, 1.82) is 0 Å². The Morgan fingerprint density at radius 3 is 2.33 bits per heavy atom. The summed E-state index contributed by atoms with van der Waals surface area (Å²) in [5.41, 5.74) is 0. The third-order valence-electron chi connectivity index (χ3n) is 3.27. The monoisotopic (exact) mass is 169 g/mol. The molecule has 0 bridgehead atoms. The molecule has 12 heavy (non-hydrogen) atoms. The Bertz CT molecular complexity index is 116. The molecular weight excluding hydrogens is 146 g/mol. The molecule has 0 aromatic heterocycles. The van der Waals surface area contributed by atoms with Crippen molar-refractivity contribution in [1.82, 2.24) is 5.32 Å². The molecular formula is C11H23N. The van der Waals surface area contributed by atoms with Crippen molar-refractivity contribution in [3.63, 3.8) is 0 Å². The van der Waals surface area contributed by atoms with Gasteiger partial charge in [-0.1, -0.05) is 33.1 Å². The SMILES string of the molecule is CNCC(CC1CCC1)C(C)C. The van der Waals surface area contributed by atoms with Crippen LogP contribution in [-0.2, 0) is 0 Å². The third kappa shape index (κ3) is 2.78. The smallest absolute Gasteiger partial charge is 0.00210 e. The molecule has 0 spiro atoms. The number of hydrogen-bond acceptors (Lipinski definition) is 1. The molecule has 0 aromatic rings. The van der Waals surface area contributed by atoms with E-state index in [0.29, 0.717) is 0 Å². The molecule has 1 nitrogen and oxygen atoms in total. The highest BCUT2D eigenvalue weighted by molar-refractivity contribution is 4.75. The molecule has 0 amide bonds. The fraction of sp³-hybridized carbons (Fsp3) is 1.00. The second-order valence-corrected chi connectivity index (χ2v) is 4.59. The maximum Gasteiger partial charge on any atom is -0.00210 e. The van der Waals surface area contributed by atoms with E-state index in [0.717, 1.165) is 17.8 Å². The molecule has 1 unspecified atom stereocenters. The molecule has 1 atom stereocenters. The number of hydrogen-bond donors (Lipinski definition) is 1. The molecule has 1 N–H and O–H groups in total. The first-order chi connectivity index (χ1) is 5.74. The molecule has 1 aliphatic rings. The Morgan fingerprint density at radius 1 is 1.33 bits per heavy atom. The summed E-state index contributed by atoms with van der Waals surface area (Å²) in [6.45, 7) is 5.90. The van der Waals surface area contributed by atoms with Gasteiger partial charge in [0, 0.05) is 0 Å². The first-order valence-corrected chi connectivity index (χ1v) is 5.38. The van der Waals surface area contributed by atoms with Crippen molar-refractivity contribution in [2.24, 2.45) is 17.8 Å². The van der Waals surface area contributed by atoms with Gasteiger partial charge in [0.15, 0.2) is 0 Å². The topological polar surface area (TPSA) is 12.0 Å². The Kier molecular flexibility index (Phi) is 4.07. The average Bonchev–Trinajstić information content (AvgIpc) is 1.93. The molecule has 1 heteroatoms. The number of rotatable bonds is 5. The molecule has 0 heterocycles. The van der Waals surface area contributed by atoms with Gasteiger partial charge in [-0.15, -0.1) is 0 Å². The van der Waals surface area contributed by atoms with Crippen LogP contribution < -0.4 is 5.32 Å². The lowest BCUT2D eigenvalue weighted by Crippen LogP contribution is -2.27. The van der Waals surface area contributed by atoms with E-state index < -0.39 is 0 Å². The van der Waals surface area contributed by atoms with Crippen LogP contribution in [0.15, 0.2) is 0 Å². The predicted molar refractivity (Wildman–Crippen MR) is 54.2 cm³/mol. The molecule has 0 aliphatic heterocycles. The van der Waals surface area contributed by atoms with Crippen LogP contribution in [0.5, 0.6) is 0 Å². The Balaban J connectivity index is 2.21. The molecule has 1 rings (SSSR count). The van der Waals surface area contributed by atoms with Gasteiger partial charge in [0.25, 0.3) is 0 Å². The molecule has 72 valence electrons. The summed E-state index contributed by atoms with van der Waals surface area (Å²) in [4.78, 5) is 0. The van der Waals surface area contributed by atoms with Crippen LogP contribution in [-0.4, -0.2) is 13.6 Å². The van der Waals surface area contributed by atoms with Crippen LogP contribution in [0.3, 0.4) is 0 Å². The van der Waals surface area contributed by atoms with E-state index >= 15 is 0 Å². The lowest BCUT2D eigenvalue weighted by Gasteiger charge is -2.31. The van der Waals surface area contributed by atoms with Crippen molar-refractivity contribution in [2.75, 3.05) is 13.6 Å². The van der Waals surface area contributed by atoms with Gasteiger partial charge in [-0.3, -0.25) is 0 Å². The van der Waals surface area contributed by atoms with Crippen molar-refractivity contribution < 1.29 is 0 Å². The van der Waals surface area contributed by atoms with Crippen LogP contribution >= 0.6 is 0 Å². The third-order valence-corrected chi connectivity index (χ3v) is 3.27. The zero-order valence-corrected chi connectivity index (χ0v) is 8.77. The van der Waals surface area contributed by atoms with E-state index in [9.17, 15) is 0 Å². The Labute approximate surface area is 76.9 Å². The maximum absolute atomic E-state index is 3.30. The van der Waals surface area contributed by atoms with Gasteiger partial charge in [0.05, 0.1) is 0 Å². The van der Waals surface area contributed by atoms with Crippen molar-refractivity contribution >= 4 is 0 Å². The van der Waals surface area contributed by atoms with E-state index in [4.69, 9.17) is 0 Å². The van der Waals surface area contributed by atoms with E-state index in [-0.39, 0.29) is 0 Å². The summed E-state index contributed by atoms with van der Waals surface area (Å²) in [5, 5.41) is 3.30. The summed E-state index contributed by atoms with van der Waals surface area (Å²) >= 11 is 0. The minimum atomic E-state index is 0.845. The van der Waals surface area contributed by atoms with Crippen LogP contribution in [0.4, 0.5) is 0 Å². The van der Waals surface area contributed by atoms with Gasteiger partial charge in [0.2, 0.25) is 0 Å². The first-order valence-electron chi connectivity index (χ1n) is 5.38. The fourth-order valence-corrected chi connectivity index (χ4v) is 2.01. The zero-order valence-electron chi connectivity index (χ0n) is 8.77. The van der Waals surface area contributed by atoms with Crippen molar-refractivity contribution in [2.45, 2.75) is 39.5 Å². The first kappa shape index (κ1) is 10.0. The minimum Gasteiger partial charge on any atom is -0.319 e. The van der Waals surface area contributed by atoms with Crippen molar-refractivity contribution in [3.8, 4) is 0 Å². The maximum atomic E-state index is 3.30. The standard InChI is InChI=1S/C11H23N/c1-9(2)11(8-12-3)7-10-5-4-6-10/h9-12H,4-8H2,1-3H3. The summed E-state index contributed by atoms with van der Waals surface area (Å²) in [5.74, 6) is 2.81. The second-order valence-electron chi connectivity index (χ2n) is 4.59. The highest BCUT2D eigenvalue weighted by atomic mass is 14.8. The van der Waals surface area contributed by atoms with Crippen molar-refractivity contribution in [3.05, 3.63) is 0 Å². The Hall–Kier alpha value is -0.0400. The van der Waals surface area contributed by atoms with E-state index in [1.807, 2.05) is 0 Å². The zero-order chi connectivity index (χ0) is 8.97. The predicted octanol–water partition coefficient (Wildman–Crippen LogP) is 2.67. The average molecular weight is 169 g/mol. The highest BCUT2D eigenvalue weighted by Crippen LogP contribution is 2.34. The van der Waals surface area contributed by atoms with Gasteiger partial charge in [-0.05, 0) is 37.8 Å². The Morgan fingerprint density at radius 2 is 2.00 bits per heavy atom. The lowest BCUT2D eigenvalue weighted by molar-refractivity contribution is 0.215. The quantitative estimate of drug-likeness (QED) is 0.667. The number of nitrogens with one attached hydrogen (secondary N) is 1. The molecule has 1 aliphatic carbocycles. The molecule has 0 saturated heterocycles. The highest BCUT2D eigenvalue weighted by Gasteiger charge is 2.23. The summed E-state index contributed by atoms with van der Waals surface area (Å²) < 4.78 is 0. The largest absolute Gasteiger partial charge is 0.319 e. The molecule has 1 saturated carbocycles. The van der Waals surface area contributed by atoms with Gasteiger partial charge in [-0.2, -0.15) is 0 Å². The van der Waals surface area contributed by atoms with Crippen LogP contribution in [0, 0.1) is 17.8 Å². The van der Waals surface area contributed by atoms with Gasteiger partial charge < -0.3 is 5.32 Å². The summed E-state index contributed by atoms with van der Waals surface area (Å²) in [7, 11) is 2.07. The normalized spacial score (nSPS) is 21.0. The van der Waals surface area contributed by atoms with Gasteiger partial charge in [-0.25, -0.2) is 0 Å².